The zero-order valence-electron chi connectivity index (χ0n) is 13.1. The molecule has 0 saturated heterocycles. The molecule has 0 atom stereocenters. The Bertz CT molecular complexity index is 813. The number of carboxylic acid groups (broad SMARTS) is 1. The summed E-state index contributed by atoms with van der Waals surface area (Å²) < 4.78 is 54.3. The lowest BCUT2D eigenvalue weighted by molar-refractivity contribution is -0.0385. The Morgan fingerprint density at radius 2 is 1.80 bits per heavy atom. The van der Waals surface area contributed by atoms with E-state index in [0.717, 1.165) is 18.2 Å². The minimum atomic E-state index is -2.76. The standard InChI is InChI=1S/C18H15F4NO2/c19-11-1-2-14(20)13(9-11)12-5-8-23-16(15(12)17(24)25)10-3-6-18(21,22)7-4-10/h1-2,5,8-10H,3-4,6-7H2,(H,24,25). The molecule has 1 heterocycles. The molecule has 1 saturated carbocycles. The summed E-state index contributed by atoms with van der Waals surface area (Å²) in [5, 5.41) is 9.60. The van der Waals surface area contributed by atoms with Gasteiger partial charge in [-0.3, -0.25) is 4.98 Å². The number of rotatable bonds is 3. The summed E-state index contributed by atoms with van der Waals surface area (Å²) in [6.45, 7) is 0. The number of aromatic nitrogens is 1. The van der Waals surface area contributed by atoms with E-state index < -0.39 is 29.4 Å². The van der Waals surface area contributed by atoms with Crippen molar-refractivity contribution in [2.24, 2.45) is 0 Å². The molecule has 1 aromatic heterocycles. The molecule has 0 unspecified atom stereocenters. The number of pyridine rings is 1. The van der Waals surface area contributed by atoms with E-state index in [9.17, 15) is 27.5 Å². The highest BCUT2D eigenvalue weighted by atomic mass is 19.3. The van der Waals surface area contributed by atoms with Crippen LogP contribution in [0.4, 0.5) is 17.6 Å². The predicted octanol–water partition coefficient (Wildman–Crippen LogP) is 5.02. The van der Waals surface area contributed by atoms with Gasteiger partial charge in [0, 0.05) is 36.1 Å². The van der Waals surface area contributed by atoms with Crippen molar-refractivity contribution in [1.29, 1.82) is 0 Å². The summed E-state index contributed by atoms with van der Waals surface area (Å²) in [5.41, 5.74) is -0.319. The van der Waals surface area contributed by atoms with Crippen molar-refractivity contribution in [3.8, 4) is 11.1 Å². The van der Waals surface area contributed by atoms with Crippen LogP contribution in [0.1, 0.15) is 47.7 Å². The van der Waals surface area contributed by atoms with Crippen molar-refractivity contribution in [3.63, 3.8) is 0 Å². The van der Waals surface area contributed by atoms with Gasteiger partial charge < -0.3 is 5.11 Å². The van der Waals surface area contributed by atoms with E-state index in [2.05, 4.69) is 4.98 Å². The fourth-order valence-corrected chi connectivity index (χ4v) is 3.25. The maximum absolute atomic E-state index is 14.1. The summed E-state index contributed by atoms with van der Waals surface area (Å²) in [7, 11) is 0. The molecule has 132 valence electrons. The van der Waals surface area contributed by atoms with Crippen LogP contribution in [0.15, 0.2) is 30.5 Å². The molecule has 1 aromatic carbocycles. The number of carboxylic acids is 1. The Labute approximate surface area is 141 Å². The first-order chi connectivity index (χ1) is 11.8. The van der Waals surface area contributed by atoms with E-state index in [4.69, 9.17) is 0 Å². The molecule has 0 aliphatic heterocycles. The lowest BCUT2D eigenvalue weighted by Gasteiger charge is -2.29. The van der Waals surface area contributed by atoms with Crippen LogP contribution in [0.3, 0.4) is 0 Å². The first-order valence-corrected chi connectivity index (χ1v) is 7.84. The second kappa shape index (κ2) is 6.46. The molecule has 0 bridgehead atoms. The molecule has 7 heteroatoms. The Kier molecular flexibility index (Phi) is 4.49. The number of halogens is 4. The topological polar surface area (TPSA) is 50.2 Å². The molecule has 1 N–H and O–H groups in total. The van der Waals surface area contributed by atoms with Crippen molar-refractivity contribution >= 4 is 5.97 Å². The van der Waals surface area contributed by atoms with E-state index in [0.29, 0.717) is 0 Å². The molecular weight excluding hydrogens is 338 g/mol. The number of carbonyl (C=O) groups is 1. The minimum absolute atomic E-state index is 0.00756. The van der Waals surface area contributed by atoms with Crippen LogP contribution in [0, 0.1) is 11.6 Å². The van der Waals surface area contributed by atoms with Crippen molar-refractivity contribution in [2.45, 2.75) is 37.5 Å². The maximum Gasteiger partial charge on any atom is 0.338 e. The van der Waals surface area contributed by atoms with Gasteiger partial charge in [0.2, 0.25) is 5.92 Å². The Morgan fingerprint density at radius 3 is 2.44 bits per heavy atom. The monoisotopic (exact) mass is 353 g/mol. The van der Waals surface area contributed by atoms with Gasteiger partial charge in [0.1, 0.15) is 11.6 Å². The number of alkyl halides is 2. The lowest BCUT2D eigenvalue weighted by atomic mass is 9.81. The summed E-state index contributed by atoms with van der Waals surface area (Å²) in [4.78, 5) is 15.8. The van der Waals surface area contributed by atoms with Crippen LogP contribution >= 0.6 is 0 Å². The lowest BCUT2D eigenvalue weighted by Crippen LogP contribution is -2.25. The van der Waals surface area contributed by atoms with E-state index in [-0.39, 0.29) is 48.1 Å². The number of nitrogens with zero attached hydrogens (tertiary/aromatic N) is 1. The third kappa shape index (κ3) is 3.50. The van der Waals surface area contributed by atoms with Crippen LogP contribution in [0.2, 0.25) is 0 Å². The van der Waals surface area contributed by atoms with Crippen molar-refractivity contribution < 1.29 is 27.5 Å². The van der Waals surface area contributed by atoms with Crippen molar-refractivity contribution in [1.82, 2.24) is 4.98 Å². The molecule has 0 radical (unpaired) electrons. The summed E-state index contributed by atoms with van der Waals surface area (Å²) in [6.07, 6.45) is 0.785. The highest BCUT2D eigenvalue weighted by molar-refractivity contribution is 5.97. The van der Waals surface area contributed by atoms with Gasteiger partial charge >= 0.3 is 5.97 Å². The molecule has 3 rings (SSSR count). The minimum Gasteiger partial charge on any atom is -0.478 e. The van der Waals surface area contributed by atoms with Gasteiger partial charge in [-0.1, -0.05) is 0 Å². The van der Waals surface area contributed by atoms with Gasteiger partial charge in [-0.05, 0) is 37.1 Å². The molecule has 1 fully saturated rings. The zero-order valence-corrected chi connectivity index (χ0v) is 13.1. The number of hydrogen-bond donors (Lipinski definition) is 1. The zero-order chi connectivity index (χ0) is 18.2. The largest absolute Gasteiger partial charge is 0.478 e. The summed E-state index contributed by atoms with van der Waals surface area (Å²) in [5.74, 6) is -6.03. The Balaban J connectivity index is 2.10. The number of hydrogen-bond acceptors (Lipinski definition) is 2. The Morgan fingerprint density at radius 1 is 1.12 bits per heavy atom. The molecule has 0 amide bonds. The van der Waals surface area contributed by atoms with E-state index in [1.54, 1.807) is 0 Å². The average molecular weight is 353 g/mol. The maximum atomic E-state index is 14.1. The van der Waals surface area contributed by atoms with Crippen LogP contribution in [0.5, 0.6) is 0 Å². The quantitative estimate of drug-likeness (QED) is 0.789. The van der Waals surface area contributed by atoms with Gasteiger partial charge in [0.15, 0.2) is 0 Å². The molecule has 25 heavy (non-hydrogen) atoms. The van der Waals surface area contributed by atoms with Crippen LogP contribution in [-0.2, 0) is 0 Å². The fraction of sp³-hybridized carbons (Fsp3) is 0.333. The third-order valence-electron chi connectivity index (χ3n) is 4.52. The third-order valence-corrected chi connectivity index (χ3v) is 4.52. The Hall–Kier alpha value is -2.44. The van der Waals surface area contributed by atoms with Gasteiger partial charge in [-0.15, -0.1) is 0 Å². The fourth-order valence-electron chi connectivity index (χ4n) is 3.25. The van der Waals surface area contributed by atoms with Crippen LogP contribution in [0.25, 0.3) is 11.1 Å². The first-order valence-electron chi connectivity index (χ1n) is 7.84. The molecule has 1 aliphatic rings. The summed E-state index contributed by atoms with van der Waals surface area (Å²) in [6, 6.07) is 4.06. The molecule has 1 aliphatic carbocycles. The van der Waals surface area contributed by atoms with Gasteiger partial charge in [-0.25, -0.2) is 22.4 Å². The smallest absolute Gasteiger partial charge is 0.338 e. The van der Waals surface area contributed by atoms with E-state index in [1.165, 1.54) is 12.3 Å². The number of aromatic carboxylic acids is 1. The molecule has 2 aromatic rings. The SMILES string of the molecule is O=C(O)c1c(-c2cc(F)ccc2F)ccnc1C1CCC(F)(F)CC1. The second-order valence-corrected chi connectivity index (χ2v) is 6.18. The van der Waals surface area contributed by atoms with Crippen molar-refractivity contribution in [3.05, 3.63) is 53.4 Å². The van der Waals surface area contributed by atoms with E-state index >= 15 is 0 Å². The molecule has 0 spiro atoms. The van der Waals surface area contributed by atoms with E-state index in [1.807, 2.05) is 0 Å². The van der Waals surface area contributed by atoms with Crippen molar-refractivity contribution in [2.75, 3.05) is 0 Å². The molecular formula is C18H15F4NO2. The van der Waals surface area contributed by atoms with Gasteiger partial charge in [-0.2, -0.15) is 0 Å². The average Bonchev–Trinajstić information content (AvgIpc) is 2.56. The highest BCUT2D eigenvalue weighted by Gasteiger charge is 2.37. The predicted molar refractivity (Wildman–Crippen MR) is 82.7 cm³/mol. The first kappa shape index (κ1) is 17.4. The van der Waals surface area contributed by atoms with Crippen LogP contribution in [-0.4, -0.2) is 22.0 Å². The number of benzene rings is 1. The molecule has 3 nitrogen and oxygen atoms in total. The normalized spacial score (nSPS) is 17.4. The second-order valence-electron chi connectivity index (χ2n) is 6.18. The summed E-state index contributed by atoms with van der Waals surface area (Å²) >= 11 is 0. The van der Waals surface area contributed by atoms with Gasteiger partial charge in [0.25, 0.3) is 0 Å². The van der Waals surface area contributed by atoms with Crippen LogP contribution < -0.4 is 0 Å². The van der Waals surface area contributed by atoms with Gasteiger partial charge in [0.05, 0.1) is 11.3 Å². The highest BCUT2D eigenvalue weighted by Crippen LogP contribution is 2.42.